The van der Waals surface area contributed by atoms with Crippen molar-refractivity contribution in [3.05, 3.63) is 95.1 Å². The molecule has 0 bridgehead atoms. The van der Waals surface area contributed by atoms with Crippen molar-refractivity contribution in [2.75, 3.05) is 5.32 Å². The topological polar surface area (TPSA) is 97.2 Å². The second-order valence-corrected chi connectivity index (χ2v) is 8.58. The van der Waals surface area contributed by atoms with Crippen molar-refractivity contribution in [2.45, 2.75) is 24.1 Å². The van der Waals surface area contributed by atoms with E-state index in [1.54, 1.807) is 24.3 Å². The molecule has 1 atom stereocenters. The van der Waals surface area contributed by atoms with Crippen molar-refractivity contribution < 1.29 is 14.6 Å². The van der Waals surface area contributed by atoms with Crippen LogP contribution in [0.3, 0.4) is 0 Å². The molecule has 0 aliphatic carbocycles. The maximum Gasteiger partial charge on any atom is 0.335 e. The number of carboxylic acid groups (broad SMARTS) is 1. The molecular formula is C25H20N4O3S. The van der Waals surface area contributed by atoms with Crippen molar-refractivity contribution >= 4 is 23.4 Å². The molecule has 0 amide bonds. The predicted molar refractivity (Wildman–Crippen MR) is 126 cm³/mol. The number of ether oxygens (including phenoxy) is 1. The zero-order valence-corrected chi connectivity index (χ0v) is 18.5. The van der Waals surface area contributed by atoms with Gasteiger partial charge in [0.25, 0.3) is 0 Å². The largest absolute Gasteiger partial charge is 0.478 e. The fourth-order valence-electron chi connectivity index (χ4n) is 3.49. The third kappa shape index (κ3) is 4.51. The van der Waals surface area contributed by atoms with E-state index in [0.29, 0.717) is 16.7 Å². The SMILES string of the molecule is Cc1ccc(CSc2nnc3c(n2)O[C@@H](c2ccc(C(=O)O)cc2)Nc2ccccc2-3)cc1. The van der Waals surface area contributed by atoms with Crippen molar-refractivity contribution in [1.29, 1.82) is 0 Å². The lowest BCUT2D eigenvalue weighted by Gasteiger charge is -2.19. The molecule has 33 heavy (non-hydrogen) atoms. The minimum absolute atomic E-state index is 0.215. The summed E-state index contributed by atoms with van der Waals surface area (Å²) in [7, 11) is 0. The number of thioether (sulfide) groups is 1. The number of nitrogens with one attached hydrogen (secondary N) is 1. The Morgan fingerprint density at radius 2 is 1.79 bits per heavy atom. The molecule has 2 N–H and O–H groups in total. The Kier molecular flexibility index (Phi) is 5.66. The van der Waals surface area contributed by atoms with Gasteiger partial charge in [0, 0.05) is 22.6 Å². The fourth-order valence-corrected chi connectivity index (χ4v) is 4.23. The molecule has 4 aromatic rings. The Bertz CT molecular complexity index is 1310. The molecule has 0 unspecified atom stereocenters. The van der Waals surface area contributed by atoms with Crippen LogP contribution in [0.4, 0.5) is 5.69 Å². The molecule has 1 aromatic heterocycles. The summed E-state index contributed by atoms with van der Waals surface area (Å²) in [5.74, 6) is 0.121. The van der Waals surface area contributed by atoms with Gasteiger partial charge in [-0.3, -0.25) is 0 Å². The number of benzene rings is 3. The number of para-hydroxylation sites is 1. The molecule has 8 heteroatoms. The number of hydrogen-bond donors (Lipinski definition) is 2. The summed E-state index contributed by atoms with van der Waals surface area (Å²) in [5, 5.41) is 21.8. The van der Waals surface area contributed by atoms with Crippen LogP contribution >= 0.6 is 11.8 Å². The fraction of sp³-hybridized carbons (Fsp3) is 0.120. The van der Waals surface area contributed by atoms with Gasteiger partial charge in [0.15, 0.2) is 11.9 Å². The Morgan fingerprint density at radius 3 is 2.55 bits per heavy atom. The first-order valence-corrected chi connectivity index (χ1v) is 11.3. The van der Waals surface area contributed by atoms with Gasteiger partial charge in [-0.1, -0.05) is 71.9 Å². The highest BCUT2D eigenvalue weighted by Gasteiger charge is 2.26. The van der Waals surface area contributed by atoms with E-state index in [1.165, 1.54) is 22.9 Å². The second-order valence-electron chi connectivity index (χ2n) is 7.64. The summed E-state index contributed by atoms with van der Waals surface area (Å²) >= 11 is 1.49. The Morgan fingerprint density at radius 1 is 1.03 bits per heavy atom. The summed E-state index contributed by atoms with van der Waals surface area (Å²) in [6.07, 6.45) is -0.568. The summed E-state index contributed by atoms with van der Waals surface area (Å²) in [4.78, 5) is 15.9. The zero-order chi connectivity index (χ0) is 22.8. The quantitative estimate of drug-likeness (QED) is 0.389. The summed E-state index contributed by atoms with van der Waals surface area (Å²) in [6.45, 7) is 2.06. The van der Waals surface area contributed by atoms with E-state index in [-0.39, 0.29) is 5.56 Å². The summed E-state index contributed by atoms with van der Waals surface area (Å²) in [5.41, 5.74) is 5.61. The Hall–Kier alpha value is -3.91. The Labute approximate surface area is 194 Å². The van der Waals surface area contributed by atoms with Crippen LogP contribution in [0.5, 0.6) is 5.88 Å². The first-order chi connectivity index (χ1) is 16.1. The third-order valence-corrected chi connectivity index (χ3v) is 6.19. The van der Waals surface area contributed by atoms with Crippen LogP contribution in [-0.4, -0.2) is 26.3 Å². The van der Waals surface area contributed by atoms with Gasteiger partial charge in [0.1, 0.15) is 0 Å². The Balaban J connectivity index is 1.46. The number of fused-ring (bicyclic) bond motifs is 3. The molecule has 164 valence electrons. The number of carbonyl (C=O) groups is 1. The van der Waals surface area contributed by atoms with Crippen LogP contribution in [0, 0.1) is 6.92 Å². The van der Waals surface area contributed by atoms with Crippen LogP contribution in [0.25, 0.3) is 11.3 Å². The van der Waals surface area contributed by atoms with Gasteiger partial charge < -0.3 is 15.2 Å². The van der Waals surface area contributed by atoms with Crippen LogP contribution in [0.1, 0.15) is 33.3 Å². The van der Waals surface area contributed by atoms with Crippen molar-refractivity contribution in [2.24, 2.45) is 0 Å². The van der Waals surface area contributed by atoms with E-state index in [2.05, 4.69) is 51.7 Å². The van der Waals surface area contributed by atoms with Crippen LogP contribution in [0.2, 0.25) is 0 Å². The van der Waals surface area contributed by atoms with Gasteiger partial charge in [0.05, 0.1) is 5.56 Å². The first-order valence-electron chi connectivity index (χ1n) is 10.4. The van der Waals surface area contributed by atoms with Crippen LogP contribution < -0.4 is 10.1 Å². The smallest absolute Gasteiger partial charge is 0.335 e. The molecule has 0 spiro atoms. The van der Waals surface area contributed by atoms with Gasteiger partial charge in [-0.25, -0.2) is 4.79 Å². The number of anilines is 1. The van der Waals surface area contributed by atoms with E-state index >= 15 is 0 Å². The monoisotopic (exact) mass is 456 g/mol. The van der Waals surface area contributed by atoms with Crippen molar-refractivity contribution in [3.63, 3.8) is 0 Å². The third-order valence-electron chi connectivity index (χ3n) is 5.28. The second kappa shape index (κ2) is 8.91. The van der Waals surface area contributed by atoms with Gasteiger partial charge in [-0.2, -0.15) is 4.98 Å². The van der Waals surface area contributed by atoms with E-state index in [9.17, 15) is 9.90 Å². The molecule has 0 radical (unpaired) electrons. The van der Waals surface area contributed by atoms with Crippen LogP contribution in [0.15, 0.2) is 78.0 Å². The normalized spacial score (nSPS) is 14.3. The molecule has 0 fully saturated rings. The van der Waals surface area contributed by atoms with Crippen molar-refractivity contribution in [1.82, 2.24) is 15.2 Å². The maximum absolute atomic E-state index is 11.2. The number of rotatable bonds is 5. The lowest BCUT2D eigenvalue weighted by atomic mass is 10.1. The van der Waals surface area contributed by atoms with E-state index in [0.717, 1.165) is 22.6 Å². The first kappa shape index (κ1) is 21.0. The highest BCUT2D eigenvalue weighted by atomic mass is 32.2. The average molecular weight is 457 g/mol. The van der Waals surface area contributed by atoms with Gasteiger partial charge >= 0.3 is 5.97 Å². The molecule has 0 saturated carbocycles. The molecule has 5 rings (SSSR count). The molecular weight excluding hydrogens is 436 g/mol. The van der Waals surface area contributed by atoms with E-state index < -0.39 is 12.2 Å². The minimum atomic E-state index is -0.973. The van der Waals surface area contributed by atoms with Gasteiger partial charge in [-0.05, 0) is 30.7 Å². The standard InChI is InChI=1S/C25H20N4O3S/c1-15-6-8-16(9-7-15)14-33-25-27-23-21(28-29-25)19-4-2-3-5-20(19)26-22(32-23)17-10-12-18(13-11-17)24(30)31/h2-13,22,26H,14H2,1H3,(H,30,31)/t22-/m0/s1. The zero-order valence-electron chi connectivity index (χ0n) is 17.7. The number of aryl methyl sites for hydroxylation is 1. The number of carboxylic acids is 1. The molecule has 1 aliphatic rings. The predicted octanol–water partition coefficient (Wildman–Crippen LogP) is 5.34. The van der Waals surface area contributed by atoms with Gasteiger partial charge in [-0.15, -0.1) is 10.2 Å². The van der Waals surface area contributed by atoms with Crippen LogP contribution in [-0.2, 0) is 5.75 Å². The molecule has 2 heterocycles. The molecule has 0 saturated heterocycles. The summed E-state index contributed by atoms with van der Waals surface area (Å²) in [6, 6.07) is 22.7. The van der Waals surface area contributed by atoms with Gasteiger partial charge in [0.2, 0.25) is 11.0 Å². The lowest BCUT2D eigenvalue weighted by molar-refractivity contribution is 0.0696. The molecule has 1 aliphatic heterocycles. The lowest BCUT2D eigenvalue weighted by Crippen LogP contribution is -2.17. The maximum atomic E-state index is 11.2. The highest BCUT2D eigenvalue weighted by Crippen LogP contribution is 2.39. The average Bonchev–Trinajstić information content (AvgIpc) is 3.00. The number of aromatic carboxylic acids is 1. The van der Waals surface area contributed by atoms with E-state index in [1.807, 2.05) is 24.3 Å². The number of aromatic nitrogens is 3. The minimum Gasteiger partial charge on any atom is -0.478 e. The van der Waals surface area contributed by atoms with Crippen molar-refractivity contribution in [3.8, 4) is 17.1 Å². The molecule has 7 nitrogen and oxygen atoms in total. The molecule has 3 aromatic carbocycles. The summed E-state index contributed by atoms with van der Waals surface area (Å²) < 4.78 is 6.25. The van der Waals surface area contributed by atoms with E-state index in [4.69, 9.17) is 4.74 Å². The number of nitrogens with zero attached hydrogens (tertiary/aromatic N) is 3. The highest BCUT2D eigenvalue weighted by molar-refractivity contribution is 7.98. The number of hydrogen-bond acceptors (Lipinski definition) is 7.